The summed E-state index contributed by atoms with van der Waals surface area (Å²) in [7, 11) is 0. The van der Waals surface area contributed by atoms with Crippen LogP contribution in [-0.2, 0) is 6.54 Å². The fraction of sp³-hybridized carbons (Fsp3) is 0.278. The average Bonchev–Trinajstić information content (AvgIpc) is 2.46. The van der Waals surface area contributed by atoms with Gasteiger partial charge in [0.05, 0.1) is 0 Å². The monoisotopic (exact) mass is 345 g/mol. The zero-order valence-corrected chi connectivity index (χ0v) is 14.1. The standard InChI is InChI=1S/C18H20BrNO/c1-14-10-15(2)12-17(11-14)18(21)20(9-8-19)13-16-6-4-3-5-7-16/h3-7,10-12H,8-9,13H2,1-2H3. The van der Waals surface area contributed by atoms with Crippen LogP contribution in [0.4, 0.5) is 0 Å². The van der Waals surface area contributed by atoms with Crippen molar-refractivity contribution in [3.63, 3.8) is 0 Å². The van der Waals surface area contributed by atoms with E-state index in [1.807, 2.05) is 49.1 Å². The number of nitrogens with zero attached hydrogens (tertiary/aromatic N) is 1. The highest BCUT2D eigenvalue weighted by Crippen LogP contribution is 2.14. The summed E-state index contributed by atoms with van der Waals surface area (Å²) in [5.74, 6) is 0.0881. The predicted molar refractivity (Wildman–Crippen MR) is 90.9 cm³/mol. The normalized spacial score (nSPS) is 10.4. The van der Waals surface area contributed by atoms with Gasteiger partial charge in [0.1, 0.15) is 0 Å². The van der Waals surface area contributed by atoms with Crippen molar-refractivity contribution in [3.8, 4) is 0 Å². The average molecular weight is 346 g/mol. The van der Waals surface area contributed by atoms with E-state index >= 15 is 0 Å². The van der Waals surface area contributed by atoms with Crippen molar-refractivity contribution < 1.29 is 4.79 Å². The fourth-order valence-electron chi connectivity index (χ4n) is 2.44. The number of carbonyl (C=O) groups excluding carboxylic acids is 1. The minimum Gasteiger partial charge on any atom is -0.333 e. The van der Waals surface area contributed by atoms with Crippen molar-refractivity contribution in [1.82, 2.24) is 4.90 Å². The molecule has 0 radical (unpaired) electrons. The molecule has 2 aromatic rings. The quantitative estimate of drug-likeness (QED) is 0.738. The van der Waals surface area contributed by atoms with E-state index in [2.05, 4.69) is 34.1 Å². The van der Waals surface area contributed by atoms with Crippen LogP contribution >= 0.6 is 15.9 Å². The number of hydrogen-bond acceptors (Lipinski definition) is 1. The number of hydrogen-bond donors (Lipinski definition) is 0. The van der Waals surface area contributed by atoms with Crippen LogP contribution in [0.15, 0.2) is 48.5 Å². The van der Waals surface area contributed by atoms with Gasteiger partial charge in [-0.3, -0.25) is 4.79 Å². The molecule has 3 heteroatoms. The molecule has 0 atom stereocenters. The molecular weight excluding hydrogens is 326 g/mol. The van der Waals surface area contributed by atoms with Crippen LogP contribution in [0.1, 0.15) is 27.0 Å². The van der Waals surface area contributed by atoms with Crippen molar-refractivity contribution in [2.24, 2.45) is 0 Å². The van der Waals surface area contributed by atoms with Gasteiger partial charge in [-0.25, -0.2) is 0 Å². The van der Waals surface area contributed by atoms with Gasteiger partial charge in [0.25, 0.3) is 5.91 Å². The highest BCUT2D eigenvalue weighted by molar-refractivity contribution is 9.09. The molecule has 0 spiro atoms. The Hall–Kier alpha value is -1.61. The minimum absolute atomic E-state index is 0.0881. The zero-order chi connectivity index (χ0) is 15.2. The van der Waals surface area contributed by atoms with Gasteiger partial charge in [0.15, 0.2) is 0 Å². The van der Waals surface area contributed by atoms with E-state index in [0.717, 1.165) is 27.6 Å². The first-order valence-corrected chi connectivity index (χ1v) is 8.20. The van der Waals surface area contributed by atoms with E-state index in [0.29, 0.717) is 13.1 Å². The Labute approximate surface area is 134 Å². The molecule has 0 aliphatic rings. The highest BCUT2D eigenvalue weighted by atomic mass is 79.9. The van der Waals surface area contributed by atoms with E-state index < -0.39 is 0 Å². The van der Waals surface area contributed by atoms with E-state index in [9.17, 15) is 4.79 Å². The van der Waals surface area contributed by atoms with Crippen molar-refractivity contribution in [3.05, 3.63) is 70.8 Å². The maximum atomic E-state index is 12.7. The second-order valence-corrected chi connectivity index (χ2v) is 6.07. The lowest BCUT2D eigenvalue weighted by atomic mass is 10.1. The summed E-state index contributed by atoms with van der Waals surface area (Å²) in [5.41, 5.74) is 4.16. The summed E-state index contributed by atoms with van der Waals surface area (Å²) in [6, 6.07) is 16.1. The number of aryl methyl sites for hydroxylation is 2. The van der Waals surface area contributed by atoms with Crippen LogP contribution in [0.3, 0.4) is 0 Å². The number of rotatable bonds is 5. The number of carbonyl (C=O) groups is 1. The third kappa shape index (κ3) is 4.43. The lowest BCUT2D eigenvalue weighted by Crippen LogP contribution is -2.32. The van der Waals surface area contributed by atoms with Gasteiger partial charge in [-0.05, 0) is 31.5 Å². The molecular formula is C18H20BrNO. The molecule has 0 aromatic heterocycles. The predicted octanol–water partition coefficient (Wildman–Crippen LogP) is 4.34. The van der Waals surface area contributed by atoms with Crippen LogP contribution in [0.5, 0.6) is 0 Å². The molecule has 0 heterocycles. The molecule has 0 aliphatic carbocycles. The molecule has 0 unspecified atom stereocenters. The molecule has 0 aliphatic heterocycles. The molecule has 2 aromatic carbocycles. The molecule has 0 saturated carbocycles. The Bertz CT molecular complexity index is 590. The summed E-state index contributed by atoms with van der Waals surface area (Å²) in [4.78, 5) is 14.6. The first-order chi connectivity index (χ1) is 10.1. The van der Waals surface area contributed by atoms with Gasteiger partial charge in [0.2, 0.25) is 0 Å². The van der Waals surface area contributed by atoms with Crippen LogP contribution < -0.4 is 0 Å². The van der Waals surface area contributed by atoms with Gasteiger partial charge in [-0.15, -0.1) is 0 Å². The number of benzene rings is 2. The second kappa shape index (κ2) is 7.41. The maximum absolute atomic E-state index is 12.7. The first kappa shape index (κ1) is 15.8. The summed E-state index contributed by atoms with van der Waals surface area (Å²) >= 11 is 3.44. The molecule has 2 nitrogen and oxygen atoms in total. The fourth-order valence-corrected chi connectivity index (χ4v) is 2.87. The molecule has 110 valence electrons. The van der Waals surface area contributed by atoms with E-state index in [1.165, 1.54) is 0 Å². The Kier molecular flexibility index (Phi) is 5.57. The van der Waals surface area contributed by atoms with E-state index in [-0.39, 0.29) is 5.91 Å². The van der Waals surface area contributed by atoms with Gasteiger partial charge in [-0.2, -0.15) is 0 Å². The lowest BCUT2D eigenvalue weighted by Gasteiger charge is -2.22. The van der Waals surface area contributed by atoms with Crippen LogP contribution in [0.25, 0.3) is 0 Å². The van der Waals surface area contributed by atoms with Crippen molar-refractivity contribution in [2.45, 2.75) is 20.4 Å². The number of alkyl halides is 1. The molecule has 0 fully saturated rings. The SMILES string of the molecule is Cc1cc(C)cc(C(=O)N(CCBr)Cc2ccccc2)c1. The minimum atomic E-state index is 0.0881. The highest BCUT2D eigenvalue weighted by Gasteiger charge is 2.16. The van der Waals surface area contributed by atoms with E-state index in [1.54, 1.807) is 0 Å². The lowest BCUT2D eigenvalue weighted by molar-refractivity contribution is 0.0754. The molecule has 0 N–H and O–H groups in total. The Morgan fingerprint density at radius 3 is 2.24 bits per heavy atom. The Morgan fingerprint density at radius 2 is 1.67 bits per heavy atom. The molecule has 21 heavy (non-hydrogen) atoms. The topological polar surface area (TPSA) is 20.3 Å². The van der Waals surface area contributed by atoms with Gasteiger partial charge in [-0.1, -0.05) is 63.5 Å². The molecule has 2 rings (SSSR count). The summed E-state index contributed by atoms with van der Waals surface area (Å²) in [5, 5.41) is 0.774. The number of halogens is 1. The third-order valence-corrected chi connectivity index (χ3v) is 3.68. The van der Waals surface area contributed by atoms with Gasteiger partial charge >= 0.3 is 0 Å². The third-order valence-electron chi connectivity index (χ3n) is 3.33. The van der Waals surface area contributed by atoms with Crippen molar-refractivity contribution >= 4 is 21.8 Å². The molecule has 0 saturated heterocycles. The van der Waals surface area contributed by atoms with Crippen LogP contribution in [-0.4, -0.2) is 22.7 Å². The molecule has 0 bridgehead atoms. The van der Waals surface area contributed by atoms with Gasteiger partial charge < -0.3 is 4.90 Å². The van der Waals surface area contributed by atoms with Crippen LogP contribution in [0.2, 0.25) is 0 Å². The van der Waals surface area contributed by atoms with Crippen molar-refractivity contribution in [2.75, 3.05) is 11.9 Å². The summed E-state index contributed by atoms with van der Waals surface area (Å²) in [6.45, 7) is 5.38. The zero-order valence-electron chi connectivity index (χ0n) is 12.5. The largest absolute Gasteiger partial charge is 0.333 e. The smallest absolute Gasteiger partial charge is 0.254 e. The first-order valence-electron chi connectivity index (χ1n) is 7.07. The van der Waals surface area contributed by atoms with Gasteiger partial charge in [0, 0.05) is 24.0 Å². The summed E-state index contributed by atoms with van der Waals surface area (Å²) < 4.78 is 0. The summed E-state index contributed by atoms with van der Waals surface area (Å²) in [6.07, 6.45) is 0. The maximum Gasteiger partial charge on any atom is 0.254 e. The number of amides is 1. The Balaban J connectivity index is 2.22. The molecule has 1 amide bonds. The Morgan fingerprint density at radius 1 is 1.05 bits per heavy atom. The van der Waals surface area contributed by atoms with Crippen molar-refractivity contribution in [1.29, 1.82) is 0 Å². The second-order valence-electron chi connectivity index (χ2n) is 5.28. The van der Waals surface area contributed by atoms with Crippen LogP contribution in [0, 0.1) is 13.8 Å². The van der Waals surface area contributed by atoms with E-state index in [4.69, 9.17) is 0 Å².